The zero-order valence-electron chi connectivity index (χ0n) is 12.3. The fraction of sp³-hybridized carbons (Fsp3) is 1.00. The maximum atomic E-state index is 3.78. The van der Waals surface area contributed by atoms with E-state index in [1.807, 2.05) is 0 Å². The van der Waals surface area contributed by atoms with Gasteiger partial charge in [0.2, 0.25) is 0 Å². The van der Waals surface area contributed by atoms with Gasteiger partial charge in [-0.25, -0.2) is 0 Å². The molecular formula is C16H30BrN. The Morgan fingerprint density at radius 1 is 0.889 bits per heavy atom. The van der Waals surface area contributed by atoms with Crippen LogP contribution in [0.3, 0.4) is 0 Å². The highest BCUT2D eigenvalue weighted by Crippen LogP contribution is 2.43. The molecule has 0 spiro atoms. The molecule has 0 aromatic rings. The minimum atomic E-state index is 0.610. The molecule has 0 aromatic carbocycles. The number of piperidine rings is 1. The highest BCUT2D eigenvalue weighted by Gasteiger charge is 2.37. The van der Waals surface area contributed by atoms with E-state index in [9.17, 15) is 0 Å². The van der Waals surface area contributed by atoms with Gasteiger partial charge in [0.15, 0.2) is 0 Å². The molecule has 1 nitrogen and oxygen atoms in total. The van der Waals surface area contributed by atoms with Crippen molar-refractivity contribution in [1.82, 2.24) is 4.90 Å². The topological polar surface area (TPSA) is 3.24 Å². The third kappa shape index (κ3) is 3.12. The standard InChI is InChI=1S/C16H30BrN/c1-3-15(4-2)9-11-18(12-10-15)14-16(13-17)7-5-6-8-16/h3-14H2,1-2H3. The first-order valence-corrected chi connectivity index (χ1v) is 9.08. The Labute approximate surface area is 122 Å². The second-order valence-electron chi connectivity index (χ2n) is 6.82. The first-order valence-electron chi connectivity index (χ1n) is 7.96. The van der Waals surface area contributed by atoms with Crippen LogP contribution in [0.5, 0.6) is 0 Å². The Kier molecular flexibility index (Phi) is 5.16. The van der Waals surface area contributed by atoms with E-state index >= 15 is 0 Å². The van der Waals surface area contributed by atoms with Gasteiger partial charge in [-0.05, 0) is 49.6 Å². The summed E-state index contributed by atoms with van der Waals surface area (Å²) in [5, 5.41) is 1.21. The van der Waals surface area contributed by atoms with Crippen molar-refractivity contribution in [3.8, 4) is 0 Å². The third-order valence-corrected chi connectivity index (χ3v) is 7.11. The van der Waals surface area contributed by atoms with Crippen LogP contribution in [0.25, 0.3) is 0 Å². The van der Waals surface area contributed by atoms with Crippen LogP contribution < -0.4 is 0 Å². The number of nitrogens with zero attached hydrogens (tertiary/aromatic N) is 1. The summed E-state index contributed by atoms with van der Waals surface area (Å²) in [6, 6.07) is 0. The maximum Gasteiger partial charge on any atom is 0.0100 e. The molecule has 2 aliphatic rings. The molecule has 2 heteroatoms. The number of likely N-dealkylation sites (tertiary alicyclic amines) is 1. The van der Waals surface area contributed by atoms with Gasteiger partial charge in [0.25, 0.3) is 0 Å². The van der Waals surface area contributed by atoms with Crippen LogP contribution in [0, 0.1) is 10.8 Å². The summed E-state index contributed by atoms with van der Waals surface area (Å²) in [5.41, 5.74) is 1.28. The van der Waals surface area contributed by atoms with Crippen LogP contribution in [-0.2, 0) is 0 Å². The average molecular weight is 316 g/mol. The van der Waals surface area contributed by atoms with Gasteiger partial charge in [-0.3, -0.25) is 0 Å². The number of alkyl halides is 1. The van der Waals surface area contributed by atoms with E-state index in [0.717, 1.165) is 0 Å². The summed E-state index contributed by atoms with van der Waals surface area (Å²) >= 11 is 3.78. The predicted molar refractivity (Wildman–Crippen MR) is 83.4 cm³/mol. The number of rotatable bonds is 5. The molecule has 2 fully saturated rings. The molecule has 0 unspecified atom stereocenters. The Balaban J connectivity index is 1.86. The van der Waals surface area contributed by atoms with E-state index in [-0.39, 0.29) is 0 Å². The smallest absolute Gasteiger partial charge is 0.0100 e. The third-order valence-electron chi connectivity index (χ3n) is 5.92. The van der Waals surface area contributed by atoms with Crippen LogP contribution in [0.2, 0.25) is 0 Å². The van der Waals surface area contributed by atoms with E-state index in [4.69, 9.17) is 0 Å². The molecule has 1 saturated heterocycles. The molecular weight excluding hydrogens is 286 g/mol. The minimum Gasteiger partial charge on any atom is -0.303 e. The molecule has 106 valence electrons. The summed E-state index contributed by atoms with van der Waals surface area (Å²) in [6.07, 6.45) is 11.4. The second-order valence-corrected chi connectivity index (χ2v) is 7.38. The van der Waals surface area contributed by atoms with Crippen molar-refractivity contribution < 1.29 is 0 Å². The summed E-state index contributed by atoms with van der Waals surface area (Å²) in [7, 11) is 0. The van der Waals surface area contributed by atoms with Crippen LogP contribution in [0.1, 0.15) is 65.2 Å². The average Bonchev–Trinajstić information content (AvgIpc) is 2.89. The van der Waals surface area contributed by atoms with Gasteiger partial charge in [-0.2, -0.15) is 0 Å². The first kappa shape index (κ1) is 14.8. The Morgan fingerprint density at radius 2 is 1.44 bits per heavy atom. The van der Waals surface area contributed by atoms with E-state index in [1.54, 1.807) is 0 Å². The van der Waals surface area contributed by atoms with Gasteiger partial charge in [-0.1, -0.05) is 55.5 Å². The number of halogens is 1. The molecule has 1 heterocycles. The van der Waals surface area contributed by atoms with Crippen molar-refractivity contribution >= 4 is 15.9 Å². The number of hydrogen-bond donors (Lipinski definition) is 0. The molecule has 1 aliphatic heterocycles. The summed E-state index contributed by atoms with van der Waals surface area (Å²) < 4.78 is 0. The second kappa shape index (κ2) is 6.26. The lowest BCUT2D eigenvalue weighted by molar-refractivity contribution is 0.0676. The van der Waals surface area contributed by atoms with Crippen LogP contribution in [0.4, 0.5) is 0 Å². The molecule has 0 bridgehead atoms. The van der Waals surface area contributed by atoms with Gasteiger partial charge in [0.05, 0.1) is 0 Å². The quantitative estimate of drug-likeness (QED) is 0.656. The predicted octanol–water partition coefficient (Wildman–Crippen LogP) is 4.84. The van der Waals surface area contributed by atoms with E-state index in [0.29, 0.717) is 10.8 Å². The Morgan fingerprint density at radius 3 is 1.89 bits per heavy atom. The van der Waals surface area contributed by atoms with Crippen LogP contribution >= 0.6 is 15.9 Å². The lowest BCUT2D eigenvalue weighted by Gasteiger charge is -2.44. The molecule has 18 heavy (non-hydrogen) atoms. The first-order chi connectivity index (χ1) is 8.67. The van der Waals surface area contributed by atoms with Crippen molar-refractivity contribution in [2.75, 3.05) is 25.0 Å². The highest BCUT2D eigenvalue weighted by molar-refractivity contribution is 9.09. The molecule has 0 amide bonds. The molecule has 0 radical (unpaired) electrons. The fourth-order valence-corrected chi connectivity index (χ4v) is 4.81. The summed E-state index contributed by atoms with van der Waals surface area (Å²) in [5.74, 6) is 0. The molecule has 1 saturated carbocycles. The van der Waals surface area contributed by atoms with Crippen molar-refractivity contribution in [3.05, 3.63) is 0 Å². The largest absolute Gasteiger partial charge is 0.303 e. The van der Waals surface area contributed by atoms with Gasteiger partial charge in [0, 0.05) is 11.9 Å². The van der Waals surface area contributed by atoms with Crippen molar-refractivity contribution in [1.29, 1.82) is 0 Å². The SMILES string of the molecule is CCC1(CC)CCN(CC2(CBr)CCCC2)CC1. The lowest BCUT2D eigenvalue weighted by Crippen LogP contribution is -2.45. The molecule has 0 N–H and O–H groups in total. The highest BCUT2D eigenvalue weighted by atomic mass is 79.9. The molecule has 0 aromatic heterocycles. The monoisotopic (exact) mass is 315 g/mol. The maximum absolute atomic E-state index is 3.78. The molecule has 2 rings (SSSR count). The zero-order valence-corrected chi connectivity index (χ0v) is 13.9. The fourth-order valence-electron chi connectivity index (χ4n) is 4.08. The van der Waals surface area contributed by atoms with Gasteiger partial charge >= 0.3 is 0 Å². The Hall–Kier alpha value is 0.440. The summed E-state index contributed by atoms with van der Waals surface area (Å²) in [6.45, 7) is 8.81. The van der Waals surface area contributed by atoms with E-state index < -0.39 is 0 Å². The minimum absolute atomic E-state index is 0.610. The van der Waals surface area contributed by atoms with Crippen molar-refractivity contribution in [2.24, 2.45) is 10.8 Å². The normalized spacial score (nSPS) is 27.5. The van der Waals surface area contributed by atoms with E-state index in [1.165, 1.54) is 76.3 Å². The van der Waals surface area contributed by atoms with Crippen LogP contribution in [0.15, 0.2) is 0 Å². The van der Waals surface area contributed by atoms with Gasteiger partial charge in [0.1, 0.15) is 0 Å². The lowest BCUT2D eigenvalue weighted by atomic mass is 9.73. The van der Waals surface area contributed by atoms with E-state index in [2.05, 4.69) is 34.7 Å². The zero-order chi connectivity index (χ0) is 13.1. The van der Waals surface area contributed by atoms with Crippen molar-refractivity contribution in [3.63, 3.8) is 0 Å². The molecule has 1 aliphatic carbocycles. The Bertz CT molecular complexity index is 244. The van der Waals surface area contributed by atoms with Crippen molar-refractivity contribution in [2.45, 2.75) is 65.2 Å². The number of hydrogen-bond acceptors (Lipinski definition) is 1. The molecule has 0 atom stereocenters. The summed E-state index contributed by atoms with van der Waals surface area (Å²) in [4.78, 5) is 2.76. The van der Waals surface area contributed by atoms with Gasteiger partial charge in [-0.15, -0.1) is 0 Å². The van der Waals surface area contributed by atoms with Gasteiger partial charge < -0.3 is 4.90 Å². The van der Waals surface area contributed by atoms with Crippen LogP contribution in [-0.4, -0.2) is 29.9 Å².